The zero-order valence-electron chi connectivity index (χ0n) is 12.8. The predicted molar refractivity (Wildman–Crippen MR) is 75.7 cm³/mol. The summed E-state index contributed by atoms with van der Waals surface area (Å²) in [5.74, 6) is 2.60. The first kappa shape index (κ1) is 16.0. The SMILES string of the molecule is CCC(C)CC(C)CC(CC)(CC)C(C)C. The average molecular weight is 226 g/mol. The first-order valence-electron chi connectivity index (χ1n) is 7.41. The van der Waals surface area contributed by atoms with Crippen molar-refractivity contribution in [3.63, 3.8) is 0 Å². The lowest BCUT2D eigenvalue weighted by Crippen LogP contribution is -2.28. The van der Waals surface area contributed by atoms with E-state index in [4.69, 9.17) is 0 Å². The van der Waals surface area contributed by atoms with Gasteiger partial charge in [-0.3, -0.25) is 0 Å². The van der Waals surface area contributed by atoms with Crippen LogP contribution in [0.15, 0.2) is 0 Å². The van der Waals surface area contributed by atoms with Gasteiger partial charge in [-0.1, -0.05) is 67.7 Å². The monoisotopic (exact) mass is 226 g/mol. The highest BCUT2D eigenvalue weighted by molar-refractivity contribution is 4.82. The maximum Gasteiger partial charge on any atom is -0.0277 e. The third-order valence-corrected chi connectivity index (χ3v) is 4.89. The van der Waals surface area contributed by atoms with Crippen LogP contribution in [0.5, 0.6) is 0 Å². The van der Waals surface area contributed by atoms with Crippen LogP contribution < -0.4 is 0 Å². The van der Waals surface area contributed by atoms with E-state index in [2.05, 4.69) is 48.5 Å². The van der Waals surface area contributed by atoms with Gasteiger partial charge in [-0.15, -0.1) is 0 Å². The van der Waals surface area contributed by atoms with Crippen molar-refractivity contribution >= 4 is 0 Å². The van der Waals surface area contributed by atoms with Crippen LogP contribution in [-0.4, -0.2) is 0 Å². The lowest BCUT2D eigenvalue weighted by molar-refractivity contribution is 0.119. The van der Waals surface area contributed by atoms with Crippen LogP contribution in [0.4, 0.5) is 0 Å². The lowest BCUT2D eigenvalue weighted by Gasteiger charge is -2.39. The summed E-state index contributed by atoms with van der Waals surface area (Å²) in [7, 11) is 0. The van der Waals surface area contributed by atoms with Gasteiger partial charge in [0.1, 0.15) is 0 Å². The van der Waals surface area contributed by atoms with Gasteiger partial charge in [0.15, 0.2) is 0 Å². The summed E-state index contributed by atoms with van der Waals surface area (Å²) in [4.78, 5) is 0. The highest BCUT2D eigenvalue weighted by Crippen LogP contribution is 2.42. The Labute approximate surface area is 104 Å². The molecule has 2 unspecified atom stereocenters. The molecule has 0 aliphatic heterocycles. The van der Waals surface area contributed by atoms with Crippen molar-refractivity contribution in [1.82, 2.24) is 0 Å². The smallest absolute Gasteiger partial charge is 0.0277 e. The quantitative estimate of drug-likeness (QED) is 0.482. The molecule has 0 bridgehead atoms. The number of hydrogen-bond acceptors (Lipinski definition) is 0. The molecule has 2 atom stereocenters. The zero-order chi connectivity index (χ0) is 12.8. The van der Waals surface area contributed by atoms with Crippen molar-refractivity contribution in [1.29, 1.82) is 0 Å². The molecule has 0 rings (SSSR count). The van der Waals surface area contributed by atoms with Crippen LogP contribution in [0, 0.1) is 23.2 Å². The normalized spacial score (nSPS) is 16.5. The molecular weight excluding hydrogens is 192 g/mol. The van der Waals surface area contributed by atoms with Gasteiger partial charge in [-0.25, -0.2) is 0 Å². The van der Waals surface area contributed by atoms with Gasteiger partial charge in [0.05, 0.1) is 0 Å². The summed E-state index contributed by atoms with van der Waals surface area (Å²) in [6.45, 7) is 16.7. The van der Waals surface area contributed by atoms with Gasteiger partial charge in [-0.05, 0) is 36.0 Å². The Balaban J connectivity index is 4.39. The first-order chi connectivity index (χ1) is 7.41. The molecule has 0 fully saturated rings. The lowest BCUT2D eigenvalue weighted by atomic mass is 9.67. The molecule has 0 radical (unpaired) electrons. The molecule has 0 spiro atoms. The number of rotatable bonds is 8. The van der Waals surface area contributed by atoms with Crippen LogP contribution in [0.1, 0.15) is 80.6 Å². The van der Waals surface area contributed by atoms with Gasteiger partial charge < -0.3 is 0 Å². The van der Waals surface area contributed by atoms with E-state index in [0.717, 1.165) is 17.8 Å². The maximum absolute atomic E-state index is 2.45. The van der Waals surface area contributed by atoms with Crippen LogP contribution in [0.2, 0.25) is 0 Å². The fourth-order valence-corrected chi connectivity index (χ4v) is 3.22. The average Bonchev–Trinajstić information content (AvgIpc) is 2.25. The Bertz CT molecular complexity index is 165. The summed E-state index contributed by atoms with van der Waals surface area (Å²) in [6, 6.07) is 0. The van der Waals surface area contributed by atoms with E-state index in [1.807, 2.05) is 0 Å². The van der Waals surface area contributed by atoms with E-state index >= 15 is 0 Å². The molecule has 0 saturated carbocycles. The van der Waals surface area contributed by atoms with E-state index < -0.39 is 0 Å². The zero-order valence-corrected chi connectivity index (χ0v) is 12.8. The molecule has 0 amide bonds. The second-order valence-corrected chi connectivity index (χ2v) is 6.28. The molecule has 0 aliphatic rings. The minimum atomic E-state index is 0.590. The highest BCUT2D eigenvalue weighted by Gasteiger charge is 2.31. The van der Waals surface area contributed by atoms with Crippen LogP contribution in [-0.2, 0) is 0 Å². The molecule has 0 N–H and O–H groups in total. The Kier molecular flexibility index (Phi) is 7.35. The standard InChI is InChI=1S/C16H34/c1-8-14(6)11-15(7)12-16(9-2,10-3)13(4)5/h13-15H,8-12H2,1-7H3. The van der Waals surface area contributed by atoms with Gasteiger partial charge in [0, 0.05) is 0 Å². The first-order valence-corrected chi connectivity index (χ1v) is 7.41. The van der Waals surface area contributed by atoms with Crippen LogP contribution in [0.3, 0.4) is 0 Å². The molecule has 0 nitrogen and oxygen atoms in total. The third kappa shape index (κ3) is 4.47. The number of hydrogen-bond donors (Lipinski definition) is 0. The Hall–Kier alpha value is 0. The van der Waals surface area contributed by atoms with E-state index in [0.29, 0.717) is 5.41 Å². The molecule has 0 aromatic rings. The van der Waals surface area contributed by atoms with Crippen molar-refractivity contribution in [3.05, 3.63) is 0 Å². The van der Waals surface area contributed by atoms with Gasteiger partial charge >= 0.3 is 0 Å². The fraction of sp³-hybridized carbons (Fsp3) is 1.00. The second-order valence-electron chi connectivity index (χ2n) is 6.28. The Morgan fingerprint density at radius 2 is 1.31 bits per heavy atom. The van der Waals surface area contributed by atoms with Crippen molar-refractivity contribution in [3.8, 4) is 0 Å². The maximum atomic E-state index is 2.45. The van der Waals surface area contributed by atoms with E-state index in [1.165, 1.54) is 32.1 Å². The highest BCUT2D eigenvalue weighted by atomic mass is 14.4. The minimum absolute atomic E-state index is 0.590. The summed E-state index contributed by atoms with van der Waals surface area (Å²) < 4.78 is 0. The summed E-state index contributed by atoms with van der Waals surface area (Å²) in [5.41, 5.74) is 0.590. The molecule has 16 heavy (non-hydrogen) atoms. The predicted octanol–water partition coefficient (Wildman–Crippen LogP) is 5.91. The molecule has 0 aliphatic carbocycles. The molecule has 0 heterocycles. The third-order valence-electron chi connectivity index (χ3n) is 4.89. The van der Waals surface area contributed by atoms with Crippen LogP contribution >= 0.6 is 0 Å². The molecule has 0 heteroatoms. The molecule has 98 valence electrons. The van der Waals surface area contributed by atoms with Gasteiger partial charge in [0.25, 0.3) is 0 Å². The molecule has 0 saturated heterocycles. The van der Waals surface area contributed by atoms with E-state index in [1.54, 1.807) is 0 Å². The topological polar surface area (TPSA) is 0 Å². The fourth-order valence-electron chi connectivity index (χ4n) is 3.22. The summed E-state index contributed by atoms with van der Waals surface area (Å²) in [5, 5.41) is 0. The minimum Gasteiger partial charge on any atom is -0.0651 e. The van der Waals surface area contributed by atoms with E-state index in [-0.39, 0.29) is 0 Å². The molecular formula is C16H34. The Morgan fingerprint density at radius 1 is 0.812 bits per heavy atom. The van der Waals surface area contributed by atoms with Gasteiger partial charge in [0.2, 0.25) is 0 Å². The van der Waals surface area contributed by atoms with E-state index in [9.17, 15) is 0 Å². The van der Waals surface area contributed by atoms with Crippen molar-refractivity contribution in [2.75, 3.05) is 0 Å². The van der Waals surface area contributed by atoms with Gasteiger partial charge in [-0.2, -0.15) is 0 Å². The van der Waals surface area contributed by atoms with Crippen molar-refractivity contribution < 1.29 is 0 Å². The van der Waals surface area contributed by atoms with Crippen molar-refractivity contribution in [2.45, 2.75) is 80.6 Å². The second kappa shape index (κ2) is 7.35. The molecule has 0 aromatic heterocycles. The largest absolute Gasteiger partial charge is 0.0651 e. The molecule has 0 aromatic carbocycles. The summed E-state index contributed by atoms with van der Waals surface area (Å²) in [6.07, 6.45) is 6.84. The summed E-state index contributed by atoms with van der Waals surface area (Å²) >= 11 is 0. The van der Waals surface area contributed by atoms with Crippen LogP contribution in [0.25, 0.3) is 0 Å². The Morgan fingerprint density at radius 3 is 1.62 bits per heavy atom. The van der Waals surface area contributed by atoms with Crippen molar-refractivity contribution in [2.24, 2.45) is 23.2 Å².